The Kier molecular flexibility index (Phi) is 2.91. The molecule has 0 radical (unpaired) electrons. The van der Waals surface area contributed by atoms with Gasteiger partial charge in [0.05, 0.1) is 33.9 Å². The lowest BCUT2D eigenvalue weighted by atomic mass is 10.1. The summed E-state index contributed by atoms with van der Waals surface area (Å²) in [5.41, 5.74) is 0.248. The summed E-state index contributed by atoms with van der Waals surface area (Å²) in [5, 5.41) is 8.78. The first-order valence-electron chi connectivity index (χ1n) is 6.04. The predicted molar refractivity (Wildman–Crippen MR) is 70.8 cm³/mol. The van der Waals surface area contributed by atoms with Gasteiger partial charge in [0.1, 0.15) is 6.33 Å². The Morgan fingerprint density at radius 3 is 2.57 bits per heavy atom. The van der Waals surface area contributed by atoms with Crippen LogP contribution >= 0.6 is 0 Å². The van der Waals surface area contributed by atoms with Crippen LogP contribution in [0.25, 0.3) is 16.7 Å². The topological polar surface area (TPSA) is 41.6 Å². The summed E-state index contributed by atoms with van der Waals surface area (Å²) in [5.74, 6) is 0. The molecule has 104 valence electrons. The first kappa shape index (κ1) is 13.2. The standard InChI is InChI=1S/C15H8F3N3/c16-15(17,18)11-7-10(8-19)5-6-13(11)21-9-20-12-3-1-2-4-14(12)21/h1-7,9H. The Morgan fingerprint density at radius 2 is 1.86 bits per heavy atom. The van der Waals surface area contributed by atoms with Gasteiger partial charge in [-0.3, -0.25) is 4.57 Å². The van der Waals surface area contributed by atoms with Crippen molar-refractivity contribution < 1.29 is 13.2 Å². The number of hydrogen-bond acceptors (Lipinski definition) is 2. The highest BCUT2D eigenvalue weighted by molar-refractivity contribution is 5.77. The molecule has 0 fully saturated rings. The molecule has 0 saturated carbocycles. The molecule has 0 spiro atoms. The predicted octanol–water partition coefficient (Wildman–Crippen LogP) is 3.92. The number of para-hydroxylation sites is 2. The monoisotopic (exact) mass is 287 g/mol. The van der Waals surface area contributed by atoms with Crippen molar-refractivity contribution in [3.8, 4) is 11.8 Å². The molecule has 6 heteroatoms. The number of halogens is 3. The van der Waals surface area contributed by atoms with Crippen molar-refractivity contribution in [2.24, 2.45) is 0 Å². The molecule has 0 amide bonds. The van der Waals surface area contributed by atoms with Gasteiger partial charge in [-0.2, -0.15) is 18.4 Å². The van der Waals surface area contributed by atoms with E-state index < -0.39 is 11.7 Å². The molecule has 21 heavy (non-hydrogen) atoms. The van der Waals surface area contributed by atoms with E-state index in [9.17, 15) is 13.2 Å². The molecule has 1 heterocycles. The van der Waals surface area contributed by atoms with Crippen molar-refractivity contribution >= 4 is 11.0 Å². The van der Waals surface area contributed by atoms with Gasteiger partial charge in [-0.1, -0.05) is 12.1 Å². The molecule has 1 aromatic heterocycles. The highest BCUT2D eigenvalue weighted by Gasteiger charge is 2.34. The highest BCUT2D eigenvalue weighted by atomic mass is 19.4. The van der Waals surface area contributed by atoms with Crippen molar-refractivity contribution in [2.45, 2.75) is 6.18 Å². The molecule has 0 unspecified atom stereocenters. The van der Waals surface area contributed by atoms with E-state index in [0.29, 0.717) is 11.0 Å². The molecule has 0 aliphatic carbocycles. The van der Waals surface area contributed by atoms with Crippen LogP contribution in [0.2, 0.25) is 0 Å². The minimum absolute atomic E-state index is 0.0319. The Morgan fingerprint density at radius 1 is 1.10 bits per heavy atom. The van der Waals surface area contributed by atoms with Gasteiger partial charge in [0, 0.05) is 0 Å². The molecule has 3 nitrogen and oxygen atoms in total. The molecule has 0 aliphatic rings. The zero-order valence-electron chi connectivity index (χ0n) is 10.6. The maximum atomic E-state index is 13.2. The summed E-state index contributed by atoms with van der Waals surface area (Å²) in [6, 6.07) is 12.1. The van der Waals surface area contributed by atoms with E-state index in [1.54, 1.807) is 30.3 Å². The summed E-state index contributed by atoms with van der Waals surface area (Å²) >= 11 is 0. The third-order valence-corrected chi connectivity index (χ3v) is 3.14. The molecule has 0 saturated heterocycles. The molecule has 0 aliphatic heterocycles. The van der Waals surface area contributed by atoms with E-state index in [1.807, 2.05) is 0 Å². The van der Waals surface area contributed by atoms with Crippen LogP contribution in [0.3, 0.4) is 0 Å². The van der Waals surface area contributed by atoms with E-state index >= 15 is 0 Å². The van der Waals surface area contributed by atoms with E-state index in [2.05, 4.69) is 4.98 Å². The number of nitrogens with zero attached hydrogens (tertiary/aromatic N) is 3. The number of benzene rings is 2. The normalized spacial score (nSPS) is 11.5. The smallest absolute Gasteiger partial charge is 0.298 e. The van der Waals surface area contributed by atoms with Crippen LogP contribution in [-0.4, -0.2) is 9.55 Å². The Balaban J connectivity index is 2.30. The quantitative estimate of drug-likeness (QED) is 0.680. The van der Waals surface area contributed by atoms with Gasteiger partial charge < -0.3 is 0 Å². The second kappa shape index (κ2) is 4.63. The highest BCUT2D eigenvalue weighted by Crippen LogP contribution is 2.35. The number of fused-ring (bicyclic) bond motifs is 1. The molecule has 0 atom stereocenters. The number of rotatable bonds is 1. The van der Waals surface area contributed by atoms with Crippen molar-refractivity contribution in [1.82, 2.24) is 9.55 Å². The van der Waals surface area contributed by atoms with Crippen LogP contribution in [-0.2, 0) is 6.18 Å². The third-order valence-electron chi connectivity index (χ3n) is 3.14. The van der Waals surface area contributed by atoms with E-state index in [-0.39, 0.29) is 11.3 Å². The molecule has 0 bridgehead atoms. The zero-order chi connectivity index (χ0) is 15.0. The summed E-state index contributed by atoms with van der Waals surface area (Å²) in [4.78, 5) is 4.09. The second-order valence-corrected chi connectivity index (χ2v) is 4.44. The van der Waals surface area contributed by atoms with Crippen molar-refractivity contribution in [2.75, 3.05) is 0 Å². The number of aromatic nitrogens is 2. The van der Waals surface area contributed by atoms with Gasteiger partial charge in [-0.25, -0.2) is 4.98 Å². The maximum Gasteiger partial charge on any atom is 0.418 e. The molecule has 3 rings (SSSR count). The third kappa shape index (κ3) is 2.23. The second-order valence-electron chi connectivity index (χ2n) is 4.44. The SMILES string of the molecule is N#Cc1ccc(-n2cnc3ccccc32)c(C(F)(F)F)c1. The summed E-state index contributed by atoms with van der Waals surface area (Å²) < 4.78 is 41.0. The number of alkyl halides is 3. The summed E-state index contributed by atoms with van der Waals surface area (Å²) in [6.45, 7) is 0. The molecular formula is C15H8F3N3. The minimum Gasteiger partial charge on any atom is -0.298 e. The average Bonchev–Trinajstić information content (AvgIpc) is 2.89. The van der Waals surface area contributed by atoms with E-state index in [4.69, 9.17) is 5.26 Å². The number of nitriles is 1. The summed E-state index contributed by atoms with van der Waals surface area (Å²) in [6.07, 6.45) is -3.20. The molecule has 0 N–H and O–H groups in total. The fraction of sp³-hybridized carbons (Fsp3) is 0.0667. The average molecular weight is 287 g/mol. The van der Waals surface area contributed by atoms with Crippen LogP contribution in [0.15, 0.2) is 48.8 Å². The van der Waals surface area contributed by atoms with E-state index in [1.165, 1.54) is 23.0 Å². The minimum atomic E-state index is -4.55. The fourth-order valence-electron chi connectivity index (χ4n) is 2.19. The Labute approximate surface area is 117 Å². The largest absolute Gasteiger partial charge is 0.418 e. The van der Waals surface area contributed by atoms with Gasteiger partial charge in [-0.05, 0) is 30.3 Å². The van der Waals surface area contributed by atoms with Gasteiger partial charge in [0.2, 0.25) is 0 Å². The van der Waals surface area contributed by atoms with E-state index in [0.717, 1.165) is 6.07 Å². The molecule has 3 aromatic rings. The summed E-state index contributed by atoms with van der Waals surface area (Å²) in [7, 11) is 0. The van der Waals surface area contributed by atoms with Gasteiger partial charge in [0.25, 0.3) is 0 Å². The maximum absolute atomic E-state index is 13.2. The number of hydrogen-bond donors (Lipinski definition) is 0. The fourth-order valence-corrected chi connectivity index (χ4v) is 2.19. The van der Waals surface area contributed by atoms with Gasteiger partial charge >= 0.3 is 6.18 Å². The Bertz CT molecular complexity index is 856. The lowest BCUT2D eigenvalue weighted by Gasteiger charge is -2.14. The van der Waals surface area contributed by atoms with Crippen LogP contribution in [0.5, 0.6) is 0 Å². The van der Waals surface area contributed by atoms with Crippen LogP contribution in [0.4, 0.5) is 13.2 Å². The number of imidazole rings is 1. The van der Waals surface area contributed by atoms with Crippen molar-refractivity contribution in [3.05, 3.63) is 59.9 Å². The lowest BCUT2D eigenvalue weighted by molar-refractivity contribution is -0.137. The van der Waals surface area contributed by atoms with Crippen LogP contribution in [0, 0.1) is 11.3 Å². The van der Waals surface area contributed by atoms with Gasteiger partial charge in [0.15, 0.2) is 0 Å². The lowest BCUT2D eigenvalue weighted by Crippen LogP contribution is -2.11. The first-order chi connectivity index (χ1) is 10.0. The van der Waals surface area contributed by atoms with Gasteiger partial charge in [-0.15, -0.1) is 0 Å². The van der Waals surface area contributed by atoms with Crippen molar-refractivity contribution in [1.29, 1.82) is 5.26 Å². The molecule has 2 aromatic carbocycles. The van der Waals surface area contributed by atoms with Crippen molar-refractivity contribution in [3.63, 3.8) is 0 Å². The first-order valence-corrected chi connectivity index (χ1v) is 6.04. The zero-order valence-corrected chi connectivity index (χ0v) is 10.6. The van der Waals surface area contributed by atoms with Crippen LogP contribution in [0.1, 0.15) is 11.1 Å². The van der Waals surface area contributed by atoms with Crippen LogP contribution < -0.4 is 0 Å². The molecular weight excluding hydrogens is 279 g/mol. The Hall–Kier alpha value is -2.81.